The molecule has 0 saturated carbocycles. The first-order valence-corrected chi connectivity index (χ1v) is 10.4. The van der Waals surface area contributed by atoms with E-state index < -0.39 is 0 Å². The van der Waals surface area contributed by atoms with Crippen LogP contribution < -0.4 is 10.9 Å². The van der Waals surface area contributed by atoms with Crippen LogP contribution in [0.15, 0.2) is 60.2 Å². The topological polar surface area (TPSA) is 99.7 Å². The van der Waals surface area contributed by atoms with Crippen LogP contribution >= 0.6 is 0 Å². The molecule has 2 N–H and O–H groups in total. The van der Waals surface area contributed by atoms with Gasteiger partial charge in [-0.2, -0.15) is 0 Å². The molecule has 0 atom stereocenters. The molecule has 0 radical (unpaired) electrons. The van der Waals surface area contributed by atoms with Crippen molar-refractivity contribution in [2.24, 2.45) is 0 Å². The molecule has 1 aliphatic heterocycles. The predicted molar refractivity (Wildman–Crippen MR) is 120 cm³/mol. The molecule has 8 nitrogen and oxygen atoms in total. The Kier molecular flexibility index (Phi) is 5.13. The molecule has 0 amide bonds. The van der Waals surface area contributed by atoms with Crippen LogP contribution in [-0.4, -0.2) is 50.0 Å². The molecule has 4 aromatic rings. The summed E-state index contributed by atoms with van der Waals surface area (Å²) in [5.74, 6) is 0.973. The molecule has 0 bridgehead atoms. The fraction of sp³-hybridized carbons (Fsp3) is 0.261. The van der Waals surface area contributed by atoms with Crippen molar-refractivity contribution in [3.05, 3.63) is 71.4 Å². The van der Waals surface area contributed by atoms with Crippen LogP contribution in [-0.2, 0) is 0 Å². The van der Waals surface area contributed by atoms with Crippen molar-refractivity contribution < 1.29 is 0 Å². The molecule has 1 aliphatic rings. The monoisotopic (exact) mass is 413 g/mol. The highest BCUT2D eigenvalue weighted by molar-refractivity contribution is 5.95. The second-order valence-corrected chi connectivity index (χ2v) is 7.93. The van der Waals surface area contributed by atoms with Crippen molar-refractivity contribution >= 4 is 22.3 Å². The molecule has 8 heteroatoms. The van der Waals surface area contributed by atoms with Gasteiger partial charge in [0, 0.05) is 35.8 Å². The lowest BCUT2D eigenvalue weighted by Crippen LogP contribution is -2.29. The minimum atomic E-state index is -0.195. The number of H-pyrrole nitrogens is 1. The number of hydrogen-bond donors (Lipinski definition) is 2. The number of rotatable bonds is 4. The van der Waals surface area contributed by atoms with E-state index in [1.54, 1.807) is 18.6 Å². The Morgan fingerprint density at radius 3 is 2.65 bits per heavy atom. The molecule has 31 heavy (non-hydrogen) atoms. The second kappa shape index (κ2) is 8.23. The van der Waals surface area contributed by atoms with Crippen LogP contribution in [0.2, 0.25) is 0 Å². The van der Waals surface area contributed by atoms with Crippen molar-refractivity contribution in [2.75, 3.05) is 25.5 Å². The van der Waals surface area contributed by atoms with Gasteiger partial charge in [-0.3, -0.25) is 9.78 Å². The van der Waals surface area contributed by atoms with Gasteiger partial charge in [-0.1, -0.05) is 0 Å². The first-order valence-electron chi connectivity index (χ1n) is 10.4. The molecular formula is C23H23N7O. The Bertz CT molecular complexity index is 1250. The molecule has 0 spiro atoms. The summed E-state index contributed by atoms with van der Waals surface area (Å²) in [5.41, 5.74) is 3.18. The largest absolute Gasteiger partial charge is 0.338 e. The summed E-state index contributed by atoms with van der Waals surface area (Å²) < 4.78 is 0. The number of anilines is 2. The van der Waals surface area contributed by atoms with Crippen molar-refractivity contribution in [3.8, 4) is 11.3 Å². The van der Waals surface area contributed by atoms with Gasteiger partial charge < -0.3 is 15.2 Å². The lowest BCUT2D eigenvalue weighted by atomic mass is 9.93. The molecule has 5 heterocycles. The van der Waals surface area contributed by atoms with Crippen molar-refractivity contribution in [1.29, 1.82) is 0 Å². The smallest absolute Gasteiger partial charge is 0.259 e. The van der Waals surface area contributed by atoms with E-state index in [1.807, 2.05) is 24.4 Å². The lowest BCUT2D eigenvalue weighted by molar-refractivity contribution is 0.253. The number of piperidine rings is 1. The number of aromatic amines is 1. The number of nitrogens with zero attached hydrogens (tertiary/aromatic N) is 5. The van der Waals surface area contributed by atoms with E-state index in [0.29, 0.717) is 22.8 Å². The number of hydrogen-bond acceptors (Lipinski definition) is 7. The first-order chi connectivity index (χ1) is 15.2. The standard InChI is InChI=1S/C23H23N7O/c1-30-8-5-15(6-9-30)19-3-2-18(13-27-19)28-22-21-16(4-7-26-23(21)31)10-20(29-22)17-11-24-14-25-12-17/h2-4,7,10-15H,5-6,8-9H2,1H3,(H,26,31)(H,28,29). The zero-order valence-corrected chi connectivity index (χ0v) is 17.2. The number of pyridine rings is 3. The highest BCUT2D eigenvalue weighted by atomic mass is 16.1. The van der Waals surface area contributed by atoms with Crippen LogP contribution in [0.25, 0.3) is 22.0 Å². The summed E-state index contributed by atoms with van der Waals surface area (Å²) >= 11 is 0. The molecule has 0 unspecified atom stereocenters. The minimum absolute atomic E-state index is 0.195. The molecular weight excluding hydrogens is 390 g/mol. The highest BCUT2D eigenvalue weighted by Crippen LogP contribution is 2.29. The molecule has 0 aliphatic carbocycles. The first kappa shape index (κ1) is 19.3. The predicted octanol–water partition coefficient (Wildman–Crippen LogP) is 3.33. The van der Waals surface area contributed by atoms with Gasteiger partial charge in [0.05, 0.1) is 23.0 Å². The van der Waals surface area contributed by atoms with E-state index >= 15 is 0 Å². The van der Waals surface area contributed by atoms with Gasteiger partial charge in [-0.15, -0.1) is 0 Å². The fourth-order valence-corrected chi connectivity index (χ4v) is 4.05. The SMILES string of the molecule is CN1CCC(c2ccc(Nc3nc(-c4cncnc4)cc4cc[nH]c(=O)c34)cn2)CC1. The average molecular weight is 413 g/mol. The van der Waals surface area contributed by atoms with Crippen molar-refractivity contribution in [3.63, 3.8) is 0 Å². The van der Waals surface area contributed by atoms with E-state index in [2.05, 4.69) is 38.3 Å². The normalized spacial score (nSPS) is 15.3. The van der Waals surface area contributed by atoms with E-state index in [4.69, 9.17) is 9.97 Å². The van der Waals surface area contributed by atoms with Crippen LogP contribution in [0.4, 0.5) is 11.5 Å². The maximum Gasteiger partial charge on any atom is 0.259 e. The molecule has 1 saturated heterocycles. The average Bonchev–Trinajstić information content (AvgIpc) is 2.81. The quantitative estimate of drug-likeness (QED) is 0.529. The van der Waals surface area contributed by atoms with E-state index in [-0.39, 0.29) is 5.56 Å². The zero-order chi connectivity index (χ0) is 21.2. The van der Waals surface area contributed by atoms with E-state index in [0.717, 1.165) is 48.3 Å². The van der Waals surface area contributed by atoms with E-state index in [1.165, 1.54) is 6.33 Å². The van der Waals surface area contributed by atoms with Crippen LogP contribution in [0.5, 0.6) is 0 Å². The van der Waals surface area contributed by atoms with Crippen LogP contribution in [0, 0.1) is 0 Å². The third-order valence-electron chi connectivity index (χ3n) is 5.80. The van der Waals surface area contributed by atoms with Gasteiger partial charge >= 0.3 is 0 Å². The van der Waals surface area contributed by atoms with Gasteiger partial charge in [0.25, 0.3) is 5.56 Å². The van der Waals surface area contributed by atoms with Gasteiger partial charge in [0.15, 0.2) is 0 Å². The molecule has 1 fully saturated rings. The summed E-state index contributed by atoms with van der Waals surface area (Å²) in [6.07, 6.45) is 10.6. The maximum absolute atomic E-state index is 12.5. The van der Waals surface area contributed by atoms with Crippen LogP contribution in [0.3, 0.4) is 0 Å². The summed E-state index contributed by atoms with van der Waals surface area (Å²) in [6, 6.07) is 7.80. The summed E-state index contributed by atoms with van der Waals surface area (Å²) in [6.45, 7) is 2.20. The number of aromatic nitrogens is 5. The third kappa shape index (κ3) is 4.02. The minimum Gasteiger partial charge on any atom is -0.338 e. The molecule has 0 aromatic carbocycles. The highest BCUT2D eigenvalue weighted by Gasteiger charge is 2.19. The van der Waals surface area contributed by atoms with Gasteiger partial charge in [-0.05, 0) is 62.6 Å². The number of nitrogens with one attached hydrogen (secondary N) is 2. The van der Waals surface area contributed by atoms with Gasteiger partial charge in [0.2, 0.25) is 0 Å². The molecule has 4 aromatic heterocycles. The van der Waals surface area contributed by atoms with E-state index in [9.17, 15) is 4.79 Å². The third-order valence-corrected chi connectivity index (χ3v) is 5.80. The Hall–Kier alpha value is -3.65. The number of likely N-dealkylation sites (tertiary alicyclic amines) is 1. The van der Waals surface area contributed by atoms with Crippen LogP contribution in [0.1, 0.15) is 24.5 Å². The Morgan fingerprint density at radius 1 is 1.10 bits per heavy atom. The maximum atomic E-state index is 12.5. The van der Waals surface area contributed by atoms with Gasteiger partial charge in [0.1, 0.15) is 12.1 Å². The molecule has 5 rings (SSSR count). The summed E-state index contributed by atoms with van der Waals surface area (Å²) in [4.78, 5) is 35.2. The second-order valence-electron chi connectivity index (χ2n) is 7.93. The fourth-order valence-electron chi connectivity index (χ4n) is 4.05. The lowest BCUT2D eigenvalue weighted by Gasteiger charge is -2.28. The van der Waals surface area contributed by atoms with Gasteiger partial charge in [-0.25, -0.2) is 15.0 Å². The number of fused-ring (bicyclic) bond motifs is 1. The summed E-state index contributed by atoms with van der Waals surface area (Å²) in [5, 5.41) is 4.58. The Balaban J connectivity index is 1.49. The summed E-state index contributed by atoms with van der Waals surface area (Å²) in [7, 11) is 2.16. The Morgan fingerprint density at radius 2 is 1.90 bits per heavy atom. The molecule has 156 valence electrons. The van der Waals surface area contributed by atoms with Crippen molar-refractivity contribution in [1.82, 2.24) is 29.8 Å². The Labute approximate surface area is 179 Å². The van der Waals surface area contributed by atoms with Crippen molar-refractivity contribution in [2.45, 2.75) is 18.8 Å². The zero-order valence-electron chi connectivity index (χ0n) is 17.2.